The van der Waals surface area contributed by atoms with Gasteiger partial charge >= 0.3 is 0 Å². The van der Waals surface area contributed by atoms with Crippen LogP contribution in [0.5, 0.6) is 0 Å². The van der Waals surface area contributed by atoms with Crippen molar-refractivity contribution in [1.82, 2.24) is 9.66 Å². The Labute approximate surface area is 141 Å². The summed E-state index contributed by atoms with van der Waals surface area (Å²) in [7, 11) is 0. The number of benzene rings is 2. The summed E-state index contributed by atoms with van der Waals surface area (Å²) in [5.74, 6) is 0. The van der Waals surface area contributed by atoms with Crippen LogP contribution >= 0.6 is 0 Å². The number of hydrogen-bond acceptors (Lipinski definition) is 2. The van der Waals surface area contributed by atoms with Crippen molar-refractivity contribution >= 4 is 21.8 Å². The molecule has 122 valence electrons. The van der Waals surface area contributed by atoms with E-state index >= 15 is 0 Å². The molecule has 0 fully saturated rings. The van der Waals surface area contributed by atoms with Gasteiger partial charge in [0.2, 0.25) is 0 Å². The van der Waals surface area contributed by atoms with E-state index in [2.05, 4.69) is 76.0 Å². The standard InChI is InChI=1S/C20H22N4/c21-11-9-16-14-24(20-8-4-2-6-18(16)20)23-12-10-15-13-22-19-7-3-1-5-17(15)19/h1-8,13-14,22-23H,9-12,21H2. The molecule has 0 amide bonds. The van der Waals surface area contributed by atoms with Crippen molar-refractivity contribution in [1.29, 1.82) is 0 Å². The van der Waals surface area contributed by atoms with Gasteiger partial charge in [0.25, 0.3) is 0 Å². The molecular weight excluding hydrogens is 296 g/mol. The van der Waals surface area contributed by atoms with Crippen molar-refractivity contribution in [3.05, 3.63) is 72.1 Å². The second-order valence-corrected chi connectivity index (χ2v) is 6.10. The van der Waals surface area contributed by atoms with Crippen molar-refractivity contribution in [2.75, 3.05) is 18.5 Å². The quantitative estimate of drug-likeness (QED) is 0.510. The summed E-state index contributed by atoms with van der Waals surface area (Å²) in [4.78, 5) is 3.34. The molecule has 4 nitrogen and oxygen atoms in total. The fourth-order valence-electron chi connectivity index (χ4n) is 3.39. The van der Waals surface area contributed by atoms with Crippen LogP contribution in [-0.2, 0) is 12.8 Å². The highest BCUT2D eigenvalue weighted by atomic mass is 15.4. The van der Waals surface area contributed by atoms with Gasteiger partial charge < -0.3 is 16.1 Å². The molecule has 0 aliphatic rings. The third-order valence-electron chi connectivity index (χ3n) is 4.56. The lowest BCUT2D eigenvalue weighted by molar-refractivity contribution is 0.844. The first-order chi connectivity index (χ1) is 11.9. The van der Waals surface area contributed by atoms with Crippen LogP contribution < -0.4 is 11.2 Å². The Morgan fingerprint density at radius 2 is 1.71 bits per heavy atom. The number of fused-ring (bicyclic) bond motifs is 2. The highest BCUT2D eigenvalue weighted by Crippen LogP contribution is 2.21. The van der Waals surface area contributed by atoms with E-state index in [0.717, 1.165) is 19.4 Å². The average Bonchev–Trinajstić information content (AvgIpc) is 3.18. The van der Waals surface area contributed by atoms with E-state index < -0.39 is 0 Å². The number of aromatic nitrogens is 2. The lowest BCUT2D eigenvalue weighted by atomic mass is 10.1. The molecule has 4 rings (SSSR count). The fourth-order valence-corrected chi connectivity index (χ4v) is 3.39. The summed E-state index contributed by atoms with van der Waals surface area (Å²) in [6.07, 6.45) is 6.16. The number of rotatable bonds is 6. The van der Waals surface area contributed by atoms with Gasteiger partial charge in [0.1, 0.15) is 0 Å². The molecule has 0 aliphatic heterocycles. The van der Waals surface area contributed by atoms with Crippen molar-refractivity contribution < 1.29 is 0 Å². The second kappa shape index (κ2) is 6.42. The van der Waals surface area contributed by atoms with Gasteiger partial charge in [-0.2, -0.15) is 0 Å². The van der Waals surface area contributed by atoms with Crippen molar-refractivity contribution in [2.45, 2.75) is 12.8 Å². The Kier molecular flexibility index (Phi) is 3.97. The van der Waals surface area contributed by atoms with Crippen LogP contribution in [0.3, 0.4) is 0 Å². The minimum Gasteiger partial charge on any atom is -0.361 e. The van der Waals surface area contributed by atoms with Gasteiger partial charge in [0.15, 0.2) is 0 Å². The normalized spacial score (nSPS) is 11.4. The molecule has 0 unspecified atom stereocenters. The molecule has 0 saturated carbocycles. The Balaban J connectivity index is 1.53. The molecule has 0 atom stereocenters. The van der Waals surface area contributed by atoms with Crippen LogP contribution in [-0.4, -0.2) is 22.7 Å². The van der Waals surface area contributed by atoms with E-state index in [-0.39, 0.29) is 0 Å². The predicted molar refractivity (Wildman–Crippen MR) is 101 cm³/mol. The highest BCUT2D eigenvalue weighted by molar-refractivity contribution is 5.84. The third-order valence-corrected chi connectivity index (χ3v) is 4.56. The third kappa shape index (κ3) is 2.65. The molecule has 0 radical (unpaired) electrons. The van der Waals surface area contributed by atoms with E-state index in [9.17, 15) is 0 Å². The summed E-state index contributed by atoms with van der Waals surface area (Å²) >= 11 is 0. The summed E-state index contributed by atoms with van der Waals surface area (Å²) in [6, 6.07) is 16.9. The van der Waals surface area contributed by atoms with Crippen LogP contribution in [0.2, 0.25) is 0 Å². The van der Waals surface area contributed by atoms with E-state index in [1.165, 1.54) is 32.9 Å². The summed E-state index contributed by atoms with van der Waals surface area (Å²) in [5.41, 5.74) is 14.3. The molecule has 24 heavy (non-hydrogen) atoms. The number of nitrogens with two attached hydrogens (primary N) is 1. The van der Waals surface area contributed by atoms with Crippen LogP contribution in [0.4, 0.5) is 0 Å². The zero-order valence-corrected chi connectivity index (χ0v) is 13.6. The van der Waals surface area contributed by atoms with Gasteiger partial charge in [-0.1, -0.05) is 36.4 Å². The average molecular weight is 318 g/mol. The lowest BCUT2D eigenvalue weighted by Crippen LogP contribution is -2.16. The molecule has 0 saturated heterocycles. The fraction of sp³-hybridized carbons (Fsp3) is 0.200. The van der Waals surface area contributed by atoms with Gasteiger partial charge in [-0.15, -0.1) is 0 Å². The molecule has 2 heterocycles. The summed E-state index contributed by atoms with van der Waals surface area (Å²) in [6.45, 7) is 1.55. The lowest BCUT2D eigenvalue weighted by Gasteiger charge is -2.09. The van der Waals surface area contributed by atoms with Crippen molar-refractivity contribution in [3.8, 4) is 0 Å². The molecule has 4 heteroatoms. The highest BCUT2D eigenvalue weighted by Gasteiger charge is 2.07. The maximum Gasteiger partial charge on any atom is 0.0695 e. The smallest absolute Gasteiger partial charge is 0.0695 e. The number of aromatic amines is 1. The Bertz CT molecular complexity index is 964. The zero-order valence-electron chi connectivity index (χ0n) is 13.6. The van der Waals surface area contributed by atoms with Gasteiger partial charge in [-0.25, -0.2) is 0 Å². The molecular formula is C20H22N4. The van der Waals surface area contributed by atoms with E-state index in [1.54, 1.807) is 0 Å². The number of nitrogens with one attached hydrogen (secondary N) is 2. The zero-order chi connectivity index (χ0) is 16.4. The topological polar surface area (TPSA) is 58.8 Å². The molecule has 0 aliphatic carbocycles. The van der Waals surface area contributed by atoms with E-state index in [4.69, 9.17) is 5.73 Å². The number of H-pyrrole nitrogens is 1. The summed E-state index contributed by atoms with van der Waals surface area (Å²) < 4.78 is 2.13. The minimum absolute atomic E-state index is 0.670. The molecule has 4 aromatic rings. The minimum atomic E-state index is 0.670. The molecule has 4 N–H and O–H groups in total. The number of hydrogen-bond donors (Lipinski definition) is 3. The first-order valence-corrected chi connectivity index (χ1v) is 8.45. The van der Waals surface area contributed by atoms with Crippen LogP contribution in [0.15, 0.2) is 60.9 Å². The van der Waals surface area contributed by atoms with Gasteiger partial charge in [-0.05, 0) is 42.6 Å². The predicted octanol–water partition coefficient (Wildman–Crippen LogP) is 3.41. The van der Waals surface area contributed by atoms with Gasteiger partial charge in [0, 0.05) is 35.2 Å². The first-order valence-electron chi connectivity index (χ1n) is 8.45. The van der Waals surface area contributed by atoms with E-state index in [1.807, 2.05) is 0 Å². The monoisotopic (exact) mass is 318 g/mol. The van der Waals surface area contributed by atoms with Crippen LogP contribution in [0.25, 0.3) is 21.8 Å². The maximum atomic E-state index is 5.74. The Hall–Kier alpha value is -2.72. The number of nitrogens with zero attached hydrogens (tertiary/aromatic N) is 1. The molecule has 2 aromatic carbocycles. The first kappa shape index (κ1) is 14.8. The Morgan fingerprint density at radius 1 is 0.917 bits per heavy atom. The number of para-hydroxylation sites is 2. The van der Waals surface area contributed by atoms with Gasteiger partial charge in [0.05, 0.1) is 5.52 Å². The SMILES string of the molecule is NCCc1cn(NCCc2c[nH]c3ccccc23)c2ccccc12. The van der Waals surface area contributed by atoms with Crippen molar-refractivity contribution in [3.63, 3.8) is 0 Å². The summed E-state index contributed by atoms with van der Waals surface area (Å²) in [5, 5.41) is 2.59. The molecule has 0 spiro atoms. The van der Waals surface area contributed by atoms with Gasteiger partial charge in [-0.3, -0.25) is 4.68 Å². The van der Waals surface area contributed by atoms with E-state index in [0.29, 0.717) is 6.54 Å². The molecule has 0 bridgehead atoms. The van der Waals surface area contributed by atoms with Crippen LogP contribution in [0.1, 0.15) is 11.1 Å². The maximum absolute atomic E-state index is 5.74. The largest absolute Gasteiger partial charge is 0.361 e. The second-order valence-electron chi connectivity index (χ2n) is 6.10. The Morgan fingerprint density at radius 3 is 2.58 bits per heavy atom. The van der Waals surface area contributed by atoms with Crippen LogP contribution in [0, 0.1) is 0 Å². The molecule has 2 aromatic heterocycles. The van der Waals surface area contributed by atoms with Crippen molar-refractivity contribution in [2.24, 2.45) is 5.73 Å².